The Balaban J connectivity index is 3.22. The second-order valence-corrected chi connectivity index (χ2v) is 6.55. The number of benzene rings is 1. The molecule has 0 radical (unpaired) electrons. The fourth-order valence-electron chi connectivity index (χ4n) is 1.48. The smallest absolute Gasteiger partial charge is 0.373 e. The normalized spacial score (nSPS) is 11.8. The molecular weight excluding hydrogens is 228 g/mol. The van der Waals surface area contributed by atoms with Crippen LogP contribution in [0.5, 0.6) is 0 Å². The molecule has 1 rings (SSSR count). The lowest BCUT2D eigenvalue weighted by Crippen LogP contribution is -2.55. The number of hydrogen-bond acceptors (Lipinski definition) is 4. The van der Waals surface area contributed by atoms with E-state index >= 15 is 0 Å². The first-order chi connectivity index (χ1) is 7.09. The lowest BCUT2D eigenvalue weighted by molar-refractivity contribution is 0.140. The van der Waals surface area contributed by atoms with Crippen LogP contribution in [0.25, 0.3) is 0 Å². The van der Waals surface area contributed by atoms with Crippen molar-refractivity contribution in [1.29, 1.82) is 0 Å². The molecule has 84 valence electrons. The Hall–Kier alpha value is -0.333. The van der Waals surface area contributed by atoms with E-state index in [9.17, 15) is 0 Å². The third-order valence-electron chi connectivity index (χ3n) is 2.29. The Kier molecular flexibility index (Phi) is 4.36. The SMILES string of the molecule is CO[Si](OC)(OC)c1ccc(C)cc1S. The first kappa shape index (κ1) is 12.7. The summed E-state index contributed by atoms with van der Waals surface area (Å²) in [5.41, 5.74) is 1.15. The molecule has 0 spiro atoms. The molecule has 0 saturated carbocycles. The number of aryl methyl sites for hydroxylation is 1. The van der Waals surface area contributed by atoms with Crippen LogP contribution in [0.1, 0.15) is 5.56 Å². The summed E-state index contributed by atoms with van der Waals surface area (Å²) in [6, 6.07) is 5.91. The predicted molar refractivity (Wildman–Crippen MR) is 64.8 cm³/mol. The fourth-order valence-corrected chi connectivity index (χ4v) is 4.00. The fraction of sp³-hybridized carbons (Fsp3) is 0.400. The Labute approximate surface area is 97.1 Å². The maximum atomic E-state index is 5.39. The molecule has 3 nitrogen and oxygen atoms in total. The van der Waals surface area contributed by atoms with E-state index in [4.69, 9.17) is 13.3 Å². The highest BCUT2D eigenvalue weighted by Crippen LogP contribution is 2.14. The van der Waals surface area contributed by atoms with Gasteiger partial charge in [0.15, 0.2) is 0 Å². The van der Waals surface area contributed by atoms with Crippen molar-refractivity contribution in [2.75, 3.05) is 21.3 Å². The molecule has 0 aliphatic rings. The van der Waals surface area contributed by atoms with Crippen molar-refractivity contribution in [3.63, 3.8) is 0 Å². The van der Waals surface area contributed by atoms with Crippen molar-refractivity contribution in [2.45, 2.75) is 11.8 Å². The summed E-state index contributed by atoms with van der Waals surface area (Å²) in [6.07, 6.45) is 0. The van der Waals surface area contributed by atoms with Crippen LogP contribution in [0.2, 0.25) is 0 Å². The number of hydrogen-bond donors (Lipinski definition) is 1. The molecule has 1 aromatic carbocycles. The van der Waals surface area contributed by atoms with Gasteiger partial charge in [0.2, 0.25) is 0 Å². The van der Waals surface area contributed by atoms with Gasteiger partial charge in [0.05, 0.1) is 0 Å². The van der Waals surface area contributed by atoms with E-state index in [-0.39, 0.29) is 0 Å². The van der Waals surface area contributed by atoms with Crippen LogP contribution in [0.3, 0.4) is 0 Å². The molecule has 0 amide bonds. The molecule has 0 aliphatic heterocycles. The summed E-state index contributed by atoms with van der Waals surface area (Å²) in [6.45, 7) is 2.01. The van der Waals surface area contributed by atoms with Gasteiger partial charge in [-0.05, 0) is 13.0 Å². The number of rotatable bonds is 4. The van der Waals surface area contributed by atoms with E-state index in [2.05, 4.69) is 12.6 Å². The van der Waals surface area contributed by atoms with Crippen molar-refractivity contribution < 1.29 is 13.3 Å². The summed E-state index contributed by atoms with van der Waals surface area (Å²) >= 11 is 4.42. The molecule has 0 atom stereocenters. The highest BCUT2D eigenvalue weighted by Gasteiger charge is 2.42. The Morgan fingerprint density at radius 2 is 1.60 bits per heavy atom. The third kappa shape index (κ3) is 2.43. The quantitative estimate of drug-likeness (QED) is 0.640. The summed E-state index contributed by atoms with van der Waals surface area (Å²) in [7, 11) is 2.03. The molecule has 1 aromatic rings. The van der Waals surface area contributed by atoms with Gasteiger partial charge in [0.25, 0.3) is 0 Å². The van der Waals surface area contributed by atoms with Gasteiger partial charge in [-0.15, -0.1) is 12.6 Å². The predicted octanol–water partition coefficient (Wildman–Crippen LogP) is 1.37. The maximum Gasteiger partial charge on any atom is 0.537 e. The first-order valence-corrected chi connectivity index (χ1v) is 6.72. The zero-order valence-electron chi connectivity index (χ0n) is 9.40. The van der Waals surface area contributed by atoms with Gasteiger partial charge in [-0.25, -0.2) is 0 Å². The van der Waals surface area contributed by atoms with Gasteiger partial charge in [-0.3, -0.25) is 0 Å². The highest BCUT2D eigenvalue weighted by atomic mass is 32.1. The van der Waals surface area contributed by atoms with E-state index in [0.29, 0.717) is 0 Å². The van der Waals surface area contributed by atoms with Crippen LogP contribution >= 0.6 is 12.6 Å². The molecule has 0 saturated heterocycles. The second kappa shape index (κ2) is 5.13. The first-order valence-electron chi connectivity index (χ1n) is 4.55. The molecule has 0 aromatic heterocycles. The van der Waals surface area contributed by atoms with Gasteiger partial charge in [0, 0.05) is 31.4 Å². The van der Waals surface area contributed by atoms with Gasteiger partial charge in [-0.2, -0.15) is 0 Å². The molecule has 0 fully saturated rings. The van der Waals surface area contributed by atoms with Gasteiger partial charge < -0.3 is 13.3 Å². The molecule has 0 aliphatic carbocycles. The van der Waals surface area contributed by atoms with Crippen LogP contribution in [0.4, 0.5) is 0 Å². The Morgan fingerprint density at radius 3 is 2.00 bits per heavy atom. The van der Waals surface area contributed by atoms with E-state index in [0.717, 1.165) is 15.6 Å². The highest BCUT2D eigenvalue weighted by molar-refractivity contribution is 7.80. The van der Waals surface area contributed by atoms with E-state index in [1.165, 1.54) is 0 Å². The molecule has 0 N–H and O–H groups in total. The Morgan fingerprint density at radius 1 is 1.07 bits per heavy atom. The molecule has 15 heavy (non-hydrogen) atoms. The summed E-state index contributed by atoms with van der Waals surface area (Å²) in [5.74, 6) is 0. The topological polar surface area (TPSA) is 27.7 Å². The lowest BCUT2D eigenvalue weighted by atomic mass is 10.2. The van der Waals surface area contributed by atoms with Crippen molar-refractivity contribution in [3.05, 3.63) is 23.8 Å². The zero-order valence-corrected chi connectivity index (χ0v) is 11.3. The van der Waals surface area contributed by atoms with Gasteiger partial charge >= 0.3 is 8.80 Å². The van der Waals surface area contributed by atoms with E-state index in [1.54, 1.807) is 21.3 Å². The van der Waals surface area contributed by atoms with Crippen molar-refractivity contribution in [1.82, 2.24) is 0 Å². The van der Waals surface area contributed by atoms with Crippen LogP contribution < -0.4 is 5.19 Å². The van der Waals surface area contributed by atoms with Crippen molar-refractivity contribution in [2.24, 2.45) is 0 Å². The second-order valence-electron chi connectivity index (χ2n) is 3.19. The van der Waals surface area contributed by atoms with Crippen molar-refractivity contribution in [3.8, 4) is 0 Å². The summed E-state index contributed by atoms with van der Waals surface area (Å²) in [5, 5.41) is 0.893. The van der Waals surface area contributed by atoms with Gasteiger partial charge in [0.1, 0.15) is 0 Å². The minimum absolute atomic E-state index is 0.840. The monoisotopic (exact) mass is 244 g/mol. The minimum atomic E-state index is -2.74. The van der Waals surface area contributed by atoms with Crippen molar-refractivity contribution >= 4 is 26.6 Å². The minimum Gasteiger partial charge on any atom is -0.373 e. The molecule has 0 heterocycles. The summed E-state index contributed by atoms with van der Waals surface area (Å²) in [4.78, 5) is 0.840. The standard InChI is InChI=1S/C10H16O3SSi/c1-8-5-6-10(9(14)7-8)15(11-2,12-3)13-4/h5-7,14H,1-4H3. The maximum absolute atomic E-state index is 5.39. The van der Waals surface area contributed by atoms with Crippen LogP contribution in [-0.2, 0) is 13.3 Å². The summed E-state index contributed by atoms with van der Waals surface area (Å²) < 4.78 is 16.2. The third-order valence-corrected chi connectivity index (χ3v) is 5.58. The van der Waals surface area contributed by atoms with Crippen LogP contribution in [0.15, 0.2) is 23.1 Å². The average Bonchev–Trinajstić information content (AvgIpc) is 2.23. The average molecular weight is 244 g/mol. The zero-order chi connectivity index (χ0) is 11.5. The van der Waals surface area contributed by atoms with E-state index < -0.39 is 8.80 Å². The van der Waals surface area contributed by atoms with Crippen LogP contribution in [0, 0.1) is 6.92 Å². The lowest BCUT2D eigenvalue weighted by Gasteiger charge is -2.25. The molecule has 5 heteroatoms. The molecule has 0 bridgehead atoms. The van der Waals surface area contributed by atoms with E-state index in [1.807, 2.05) is 25.1 Å². The largest absolute Gasteiger partial charge is 0.537 e. The van der Waals surface area contributed by atoms with Gasteiger partial charge in [-0.1, -0.05) is 17.7 Å². The molecule has 0 unspecified atom stereocenters. The van der Waals surface area contributed by atoms with Crippen LogP contribution in [-0.4, -0.2) is 30.1 Å². The Bertz CT molecular complexity index is 331. The number of thiol groups is 1. The molecular formula is C10H16O3SSi.